The molecule has 8 heteroatoms. The molecule has 0 spiro atoms. The maximum Gasteiger partial charge on any atom is 0.375 e. The fraction of sp³-hybridized carbons (Fsp3) is 0.333. The SMILES string of the molecule is O=C1OCC(CO)(CO)N=C1NNc1ccc(I)cc1. The largest absolute Gasteiger partial charge is 0.457 e. The summed E-state index contributed by atoms with van der Waals surface area (Å²) < 4.78 is 5.99. The lowest BCUT2D eigenvalue weighted by atomic mass is 10.0. The number of amidine groups is 1. The number of cyclic esters (lactones) is 1. The van der Waals surface area contributed by atoms with Crippen molar-refractivity contribution in [2.45, 2.75) is 5.54 Å². The maximum atomic E-state index is 11.6. The Bertz CT molecular complexity index is 514. The lowest BCUT2D eigenvalue weighted by molar-refractivity contribution is -0.140. The number of esters is 1. The van der Waals surface area contributed by atoms with Gasteiger partial charge < -0.3 is 14.9 Å². The zero-order chi connectivity index (χ0) is 14.6. The topological polar surface area (TPSA) is 103 Å². The number of aliphatic hydroxyl groups excluding tert-OH is 2. The van der Waals surface area contributed by atoms with Gasteiger partial charge in [-0.1, -0.05) is 0 Å². The molecular weight excluding hydrogens is 377 g/mol. The molecule has 0 aliphatic carbocycles. The molecule has 0 amide bonds. The number of nitrogens with one attached hydrogen (secondary N) is 2. The number of anilines is 1. The summed E-state index contributed by atoms with van der Waals surface area (Å²) in [6, 6.07) is 7.46. The second-order valence-electron chi connectivity index (χ2n) is 4.33. The monoisotopic (exact) mass is 391 g/mol. The summed E-state index contributed by atoms with van der Waals surface area (Å²) >= 11 is 2.18. The van der Waals surface area contributed by atoms with Crippen LogP contribution in [0.15, 0.2) is 29.3 Å². The first-order valence-electron chi connectivity index (χ1n) is 5.85. The summed E-state index contributed by atoms with van der Waals surface area (Å²) in [5, 5.41) is 18.5. The van der Waals surface area contributed by atoms with Crippen molar-refractivity contribution in [2.24, 2.45) is 4.99 Å². The van der Waals surface area contributed by atoms with Gasteiger partial charge in [-0.15, -0.1) is 0 Å². The Morgan fingerprint density at radius 3 is 2.50 bits per heavy atom. The Balaban J connectivity index is 2.08. The molecular formula is C12H14IN3O4. The molecule has 108 valence electrons. The molecule has 0 saturated carbocycles. The summed E-state index contributed by atoms with van der Waals surface area (Å²) in [5.74, 6) is -0.724. The number of carbonyl (C=O) groups excluding carboxylic acids is 1. The van der Waals surface area contributed by atoms with Crippen LogP contribution in [-0.4, -0.2) is 47.4 Å². The van der Waals surface area contributed by atoms with Gasteiger partial charge in [-0.05, 0) is 46.9 Å². The van der Waals surface area contributed by atoms with Gasteiger partial charge in [0.15, 0.2) is 0 Å². The predicted molar refractivity (Wildman–Crippen MR) is 81.2 cm³/mol. The van der Waals surface area contributed by atoms with Crippen LogP contribution in [0, 0.1) is 3.57 Å². The molecule has 1 aliphatic heterocycles. The number of benzene rings is 1. The third-order valence-electron chi connectivity index (χ3n) is 2.77. The van der Waals surface area contributed by atoms with Crippen molar-refractivity contribution in [3.05, 3.63) is 27.8 Å². The van der Waals surface area contributed by atoms with E-state index in [1.165, 1.54) is 0 Å². The second-order valence-corrected chi connectivity index (χ2v) is 5.58. The fourth-order valence-electron chi connectivity index (χ4n) is 1.54. The number of hydrogen-bond acceptors (Lipinski definition) is 7. The van der Waals surface area contributed by atoms with Crippen molar-refractivity contribution in [1.82, 2.24) is 5.43 Å². The summed E-state index contributed by atoms with van der Waals surface area (Å²) in [5.41, 5.74) is 4.99. The molecule has 0 aromatic heterocycles. The van der Waals surface area contributed by atoms with E-state index in [-0.39, 0.29) is 12.4 Å². The first-order chi connectivity index (χ1) is 9.58. The Morgan fingerprint density at radius 1 is 1.25 bits per heavy atom. The van der Waals surface area contributed by atoms with Crippen molar-refractivity contribution in [2.75, 3.05) is 25.2 Å². The molecule has 0 atom stereocenters. The van der Waals surface area contributed by atoms with Crippen molar-refractivity contribution in [3.8, 4) is 0 Å². The molecule has 1 aromatic carbocycles. The van der Waals surface area contributed by atoms with Crippen LogP contribution < -0.4 is 10.9 Å². The highest BCUT2D eigenvalue weighted by Crippen LogP contribution is 2.15. The standard InChI is InChI=1S/C12H14IN3O4/c13-8-1-3-9(4-2-8)15-16-10-11(19)20-7-12(5-17,6-18)14-10/h1-4,15,17-18H,5-7H2,(H,14,16). The van der Waals surface area contributed by atoms with Gasteiger partial charge in [-0.3, -0.25) is 10.9 Å². The first kappa shape index (κ1) is 15.0. The highest BCUT2D eigenvalue weighted by Gasteiger charge is 2.36. The number of aliphatic hydroxyl groups is 2. The number of ether oxygens (including phenoxy) is 1. The summed E-state index contributed by atoms with van der Waals surface area (Å²) in [6.07, 6.45) is 0. The lowest BCUT2D eigenvalue weighted by Crippen LogP contribution is -2.51. The molecule has 0 fully saturated rings. The van der Waals surface area contributed by atoms with Gasteiger partial charge >= 0.3 is 5.97 Å². The average molecular weight is 391 g/mol. The minimum Gasteiger partial charge on any atom is -0.457 e. The fourth-order valence-corrected chi connectivity index (χ4v) is 1.90. The second kappa shape index (κ2) is 6.37. The van der Waals surface area contributed by atoms with E-state index >= 15 is 0 Å². The average Bonchev–Trinajstić information content (AvgIpc) is 2.48. The van der Waals surface area contributed by atoms with Gasteiger partial charge in [-0.2, -0.15) is 0 Å². The minimum absolute atomic E-state index is 0.0853. The Morgan fingerprint density at radius 2 is 1.90 bits per heavy atom. The summed E-state index contributed by atoms with van der Waals surface area (Å²) in [6.45, 7) is -0.968. The van der Waals surface area contributed by atoms with Crippen LogP contribution in [0.2, 0.25) is 0 Å². The van der Waals surface area contributed by atoms with E-state index in [0.717, 1.165) is 9.26 Å². The Labute approximate surface area is 129 Å². The van der Waals surface area contributed by atoms with Crippen LogP contribution in [0.4, 0.5) is 5.69 Å². The highest BCUT2D eigenvalue weighted by molar-refractivity contribution is 14.1. The zero-order valence-corrected chi connectivity index (χ0v) is 12.6. The zero-order valence-electron chi connectivity index (χ0n) is 10.5. The van der Waals surface area contributed by atoms with Gasteiger partial charge in [0.25, 0.3) is 0 Å². The van der Waals surface area contributed by atoms with E-state index < -0.39 is 24.7 Å². The molecule has 0 bridgehead atoms. The van der Waals surface area contributed by atoms with Crippen LogP contribution in [-0.2, 0) is 9.53 Å². The number of hydrazine groups is 1. The van der Waals surface area contributed by atoms with Crippen LogP contribution in [0.5, 0.6) is 0 Å². The molecule has 1 aromatic rings. The molecule has 0 saturated heterocycles. The molecule has 4 N–H and O–H groups in total. The molecule has 2 rings (SSSR count). The van der Waals surface area contributed by atoms with Crippen molar-refractivity contribution in [3.63, 3.8) is 0 Å². The Hall–Kier alpha value is -1.39. The third-order valence-corrected chi connectivity index (χ3v) is 3.49. The van der Waals surface area contributed by atoms with E-state index in [1.54, 1.807) is 0 Å². The molecule has 0 radical (unpaired) electrons. The van der Waals surface area contributed by atoms with Gasteiger partial charge in [0.05, 0.1) is 18.9 Å². The number of carbonyl (C=O) groups is 1. The quantitative estimate of drug-likeness (QED) is 0.325. The molecule has 0 unspecified atom stereocenters. The van der Waals surface area contributed by atoms with E-state index in [4.69, 9.17) is 4.74 Å². The molecule has 7 nitrogen and oxygen atoms in total. The lowest BCUT2D eigenvalue weighted by Gasteiger charge is -2.29. The Kier molecular flexibility index (Phi) is 4.78. The van der Waals surface area contributed by atoms with Crippen molar-refractivity contribution >= 4 is 40.1 Å². The smallest absolute Gasteiger partial charge is 0.375 e. The predicted octanol–water partition coefficient (Wildman–Crippen LogP) is -0.114. The number of hydrogen-bond donors (Lipinski definition) is 4. The number of halogens is 1. The van der Waals surface area contributed by atoms with Crippen molar-refractivity contribution in [1.29, 1.82) is 0 Å². The van der Waals surface area contributed by atoms with Gasteiger partial charge in [-0.25, -0.2) is 9.79 Å². The van der Waals surface area contributed by atoms with E-state index in [2.05, 4.69) is 38.4 Å². The first-order valence-corrected chi connectivity index (χ1v) is 6.93. The molecule has 1 aliphatic rings. The maximum absolute atomic E-state index is 11.6. The minimum atomic E-state index is -1.19. The van der Waals surface area contributed by atoms with Crippen LogP contribution >= 0.6 is 22.6 Å². The molecule has 1 heterocycles. The number of nitrogens with zero attached hydrogens (tertiary/aromatic N) is 1. The van der Waals surface area contributed by atoms with E-state index in [0.29, 0.717) is 0 Å². The van der Waals surface area contributed by atoms with E-state index in [1.807, 2.05) is 24.3 Å². The highest BCUT2D eigenvalue weighted by atomic mass is 127. The van der Waals surface area contributed by atoms with Crippen LogP contribution in [0.1, 0.15) is 0 Å². The molecule has 20 heavy (non-hydrogen) atoms. The van der Waals surface area contributed by atoms with Gasteiger partial charge in [0, 0.05) is 3.57 Å². The number of aliphatic imine (C=N–C) groups is 1. The normalized spacial score (nSPS) is 17.1. The summed E-state index contributed by atoms with van der Waals surface area (Å²) in [4.78, 5) is 15.6. The number of rotatable bonds is 4. The van der Waals surface area contributed by atoms with Crippen LogP contribution in [0.25, 0.3) is 0 Å². The van der Waals surface area contributed by atoms with E-state index in [9.17, 15) is 15.0 Å². The summed E-state index contributed by atoms with van der Waals surface area (Å²) in [7, 11) is 0. The van der Waals surface area contributed by atoms with Crippen LogP contribution in [0.3, 0.4) is 0 Å². The van der Waals surface area contributed by atoms with Crippen molar-refractivity contribution < 1.29 is 19.7 Å². The third kappa shape index (κ3) is 3.38. The van der Waals surface area contributed by atoms with Gasteiger partial charge in [0.2, 0.25) is 5.84 Å². The van der Waals surface area contributed by atoms with Gasteiger partial charge in [0.1, 0.15) is 12.1 Å².